The first-order valence-electron chi connectivity index (χ1n) is 5.78. The molecule has 1 aromatic heterocycles. The molecule has 0 spiro atoms. The second-order valence-corrected chi connectivity index (χ2v) is 5.37. The zero-order valence-electron chi connectivity index (χ0n) is 10.3. The number of hydrogen-bond donors (Lipinski definition) is 2. The number of benzene rings is 1. The van der Waals surface area contributed by atoms with E-state index in [4.69, 9.17) is 0 Å². The summed E-state index contributed by atoms with van der Waals surface area (Å²) in [5.74, 6) is 0.397. The maximum atomic E-state index is 13.3. The number of halogens is 2. The molecule has 1 aromatic carbocycles. The second-order valence-electron chi connectivity index (χ2n) is 4.45. The van der Waals surface area contributed by atoms with Gasteiger partial charge in [0.05, 0.1) is 0 Å². The van der Waals surface area contributed by atoms with E-state index in [1.54, 1.807) is 6.20 Å². The van der Waals surface area contributed by atoms with E-state index in [-0.39, 0.29) is 5.82 Å². The largest absolute Gasteiger partial charge is 0.341 e. The molecule has 0 aliphatic carbocycles. The SMILES string of the molecule is CC(C)NCc1cnc(-c2cc(F)cc(Br)c2)[nH]1. The molecule has 0 fully saturated rings. The number of imidazole rings is 1. The summed E-state index contributed by atoms with van der Waals surface area (Å²) in [5, 5.41) is 3.29. The molecule has 2 N–H and O–H groups in total. The zero-order valence-corrected chi connectivity index (χ0v) is 11.9. The van der Waals surface area contributed by atoms with Gasteiger partial charge in [-0.3, -0.25) is 0 Å². The Labute approximate surface area is 114 Å². The van der Waals surface area contributed by atoms with Crippen molar-refractivity contribution in [2.75, 3.05) is 0 Å². The summed E-state index contributed by atoms with van der Waals surface area (Å²) in [6.07, 6.45) is 1.77. The topological polar surface area (TPSA) is 40.7 Å². The second kappa shape index (κ2) is 5.63. The summed E-state index contributed by atoms with van der Waals surface area (Å²) < 4.78 is 14.0. The van der Waals surface area contributed by atoms with Gasteiger partial charge < -0.3 is 10.3 Å². The van der Waals surface area contributed by atoms with E-state index >= 15 is 0 Å². The Kier molecular flexibility index (Phi) is 4.14. The van der Waals surface area contributed by atoms with Crippen LogP contribution in [0.4, 0.5) is 4.39 Å². The first kappa shape index (κ1) is 13.2. The zero-order chi connectivity index (χ0) is 13.1. The fraction of sp³-hybridized carbons (Fsp3) is 0.308. The van der Waals surface area contributed by atoms with E-state index in [0.717, 1.165) is 17.8 Å². The van der Waals surface area contributed by atoms with Gasteiger partial charge in [0.1, 0.15) is 11.6 Å². The number of aromatic nitrogens is 2. The number of nitrogens with zero attached hydrogens (tertiary/aromatic N) is 1. The maximum absolute atomic E-state index is 13.3. The normalized spacial score (nSPS) is 11.2. The maximum Gasteiger partial charge on any atom is 0.137 e. The van der Waals surface area contributed by atoms with E-state index in [2.05, 4.69) is 45.1 Å². The molecule has 0 saturated carbocycles. The highest BCUT2D eigenvalue weighted by Crippen LogP contribution is 2.22. The molecule has 0 radical (unpaired) electrons. The van der Waals surface area contributed by atoms with Crippen molar-refractivity contribution in [3.8, 4) is 11.4 Å². The molecule has 0 saturated heterocycles. The van der Waals surface area contributed by atoms with Gasteiger partial charge in [0.25, 0.3) is 0 Å². The van der Waals surface area contributed by atoms with Crippen LogP contribution in [0.5, 0.6) is 0 Å². The molecule has 0 aliphatic heterocycles. The molecular weight excluding hydrogens is 297 g/mol. The predicted octanol–water partition coefficient (Wildman–Crippen LogP) is 3.48. The Morgan fingerprint density at radius 3 is 2.83 bits per heavy atom. The Balaban J connectivity index is 2.18. The highest BCUT2D eigenvalue weighted by molar-refractivity contribution is 9.10. The van der Waals surface area contributed by atoms with Crippen molar-refractivity contribution in [2.45, 2.75) is 26.4 Å². The van der Waals surface area contributed by atoms with E-state index in [1.807, 2.05) is 6.07 Å². The van der Waals surface area contributed by atoms with Crippen LogP contribution in [0, 0.1) is 5.82 Å². The lowest BCUT2D eigenvalue weighted by molar-refractivity contribution is 0.583. The third-order valence-corrected chi connectivity index (χ3v) is 2.92. The smallest absolute Gasteiger partial charge is 0.137 e. The van der Waals surface area contributed by atoms with Crippen molar-refractivity contribution in [1.82, 2.24) is 15.3 Å². The fourth-order valence-electron chi connectivity index (χ4n) is 1.60. The lowest BCUT2D eigenvalue weighted by Gasteiger charge is -2.05. The molecule has 0 amide bonds. The van der Waals surface area contributed by atoms with Gasteiger partial charge in [-0.1, -0.05) is 29.8 Å². The number of nitrogens with one attached hydrogen (secondary N) is 2. The average molecular weight is 312 g/mol. The van der Waals surface area contributed by atoms with Crippen LogP contribution in [0.15, 0.2) is 28.9 Å². The van der Waals surface area contributed by atoms with Gasteiger partial charge >= 0.3 is 0 Å². The van der Waals surface area contributed by atoms with Crippen molar-refractivity contribution in [1.29, 1.82) is 0 Å². The minimum absolute atomic E-state index is 0.280. The van der Waals surface area contributed by atoms with Crippen molar-refractivity contribution < 1.29 is 4.39 Å². The number of hydrogen-bond acceptors (Lipinski definition) is 2. The molecule has 0 aliphatic rings. The summed E-state index contributed by atoms with van der Waals surface area (Å²) in [6.45, 7) is 4.89. The minimum Gasteiger partial charge on any atom is -0.341 e. The first-order chi connectivity index (χ1) is 8.54. The highest BCUT2D eigenvalue weighted by Gasteiger charge is 2.06. The van der Waals surface area contributed by atoms with Crippen LogP contribution in [0.2, 0.25) is 0 Å². The van der Waals surface area contributed by atoms with Gasteiger partial charge in [-0.15, -0.1) is 0 Å². The predicted molar refractivity (Wildman–Crippen MR) is 73.7 cm³/mol. The van der Waals surface area contributed by atoms with Crippen LogP contribution in [0.25, 0.3) is 11.4 Å². The van der Waals surface area contributed by atoms with Crippen LogP contribution >= 0.6 is 15.9 Å². The molecule has 5 heteroatoms. The number of H-pyrrole nitrogens is 1. The van der Waals surface area contributed by atoms with Gasteiger partial charge in [-0.05, 0) is 18.2 Å². The number of rotatable bonds is 4. The quantitative estimate of drug-likeness (QED) is 0.907. The van der Waals surface area contributed by atoms with Gasteiger partial charge in [0, 0.05) is 34.5 Å². The monoisotopic (exact) mass is 311 g/mol. The van der Waals surface area contributed by atoms with Crippen LogP contribution < -0.4 is 5.32 Å². The van der Waals surface area contributed by atoms with Crippen LogP contribution in [-0.4, -0.2) is 16.0 Å². The molecule has 0 bridgehead atoms. The molecular formula is C13H15BrFN3. The molecule has 18 heavy (non-hydrogen) atoms. The van der Waals surface area contributed by atoms with Crippen LogP contribution in [-0.2, 0) is 6.54 Å². The van der Waals surface area contributed by atoms with Gasteiger partial charge in [0.15, 0.2) is 0 Å². The Bertz CT molecular complexity index is 517. The Morgan fingerprint density at radius 2 is 2.17 bits per heavy atom. The highest BCUT2D eigenvalue weighted by atomic mass is 79.9. The number of aromatic amines is 1. The van der Waals surface area contributed by atoms with Gasteiger partial charge in [-0.2, -0.15) is 0 Å². The molecule has 2 rings (SSSR count). The Hall–Kier alpha value is -1.20. The summed E-state index contributed by atoms with van der Waals surface area (Å²) in [5.41, 5.74) is 1.72. The van der Waals surface area contributed by atoms with E-state index in [0.29, 0.717) is 16.3 Å². The molecule has 0 unspecified atom stereocenters. The van der Waals surface area contributed by atoms with Crippen LogP contribution in [0.3, 0.4) is 0 Å². The standard InChI is InChI=1S/C13H15BrFN3/c1-8(2)16-6-12-7-17-13(18-12)9-3-10(14)5-11(15)4-9/h3-5,7-8,16H,6H2,1-2H3,(H,17,18). The molecule has 1 heterocycles. The van der Waals surface area contributed by atoms with E-state index in [1.165, 1.54) is 12.1 Å². The van der Waals surface area contributed by atoms with Crippen molar-refractivity contribution >= 4 is 15.9 Å². The molecule has 0 atom stereocenters. The molecule has 3 nitrogen and oxygen atoms in total. The van der Waals surface area contributed by atoms with Crippen molar-refractivity contribution in [3.05, 3.63) is 40.4 Å². The molecule has 2 aromatic rings. The fourth-order valence-corrected chi connectivity index (χ4v) is 2.07. The summed E-state index contributed by atoms with van der Waals surface area (Å²) >= 11 is 3.27. The van der Waals surface area contributed by atoms with Gasteiger partial charge in [-0.25, -0.2) is 9.37 Å². The van der Waals surface area contributed by atoms with E-state index < -0.39 is 0 Å². The third kappa shape index (κ3) is 3.40. The Morgan fingerprint density at radius 1 is 1.39 bits per heavy atom. The first-order valence-corrected chi connectivity index (χ1v) is 6.57. The summed E-state index contributed by atoms with van der Waals surface area (Å²) in [7, 11) is 0. The average Bonchev–Trinajstić information content (AvgIpc) is 2.73. The van der Waals surface area contributed by atoms with Crippen molar-refractivity contribution in [3.63, 3.8) is 0 Å². The third-order valence-electron chi connectivity index (χ3n) is 2.47. The van der Waals surface area contributed by atoms with Crippen molar-refractivity contribution in [2.24, 2.45) is 0 Å². The van der Waals surface area contributed by atoms with E-state index in [9.17, 15) is 4.39 Å². The summed E-state index contributed by atoms with van der Waals surface area (Å²) in [4.78, 5) is 7.44. The molecule has 96 valence electrons. The lowest BCUT2D eigenvalue weighted by atomic mass is 10.2. The minimum atomic E-state index is -0.280. The van der Waals surface area contributed by atoms with Gasteiger partial charge in [0.2, 0.25) is 0 Å². The van der Waals surface area contributed by atoms with Crippen LogP contribution in [0.1, 0.15) is 19.5 Å². The lowest BCUT2D eigenvalue weighted by Crippen LogP contribution is -2.21. The summed E-state index contributed by atoms with van der Waals surface area (Å²) in [6, 6.07) is 5.14.